The Morgan fingerprint density at radius 3 is 2.63 bits per heavy atom. The topological polar surface area (TPSA) is 71.6 Å². The van der Waals surface area contributed by atoms with Gasteiger partial charge in [0.2, 0.25) is 0 Å². The van der Waals surface area contributed by atoms with Gasteiger partial charge in [-0.05, 0) is 67.6 Å². The first-order valence-electron chi connectivity index (χ1n) is 9.94. The third-order valence-electron chi connectivity index (χ3n) is 6.14. The Morgan fingerprint density at radius 2 is 1.93 bits per heavy atom. The van der Waals surface area contributed by atoms with E-state index in [9.17, 15) is 5.11 Å². The molecule has 5 heteroatoms. The third kappa shape index (κ3) is 3.86. The van der Waals surface area contributed by atoms with Gasteiger partial charge in [-0.3, -0.25) is 9.88 Å². The standard InChI is InChI=1S/C22H29N3O2/c1-15-2-3-18-19(22(15)26)12-20(27-21(18)13-23)17-6-10-25(11-7-17)14-16-4-8-24-9-5-16/h2-5,8-9,17,20-21,26H,6-7,10-14,23H2,1H3/t20-,21+/m0/s1. The fraction of sp³-hybridized carbons (Fsp3) is 0.500. The number of phenols is 1. The Hall–Kier alpha value is -1.95. The van der Waals surface area contributed by atoms with E-state index in [-0.39, 0.29) is 12.2 Å². The van der Waals surface area contributed by atoms with Crippen LogP contribution in [0.5, 0.6) is 5.75 Å². The summed E-state index contributed by atoms with van der Waals surface area (Å²) < 4.78 is 6.39. The molecular weight excluding hydrogens is 338 g/mol. The number of ether oxygens (including phenoxy) is 1. The van der Waals surface area contributed by atoms with E-state index in [1.165, 1.54) is 5.56 Å². The van der Waals surface area contributed by atoms with E-state index in [4.69, 9.17) is 10.5 Å². The van der Waals surface area contributed by atoms with Gasteiger partial charge in [-0.15, -0.1) is 0 Å². The maximum absolute atomic E-state index is 10.6. The monoisotopic (exact) mass is 367 g/mol. The number of pyridine rings is 1. The van der Waals surface area contributed by atoms with Crippen LogP contribution >= 0.6 is 0 Å². The normalized spacial score (nSPS) is 23.9. The van der Waals surface area contributed by atoms with Crippen molar-refractivity contribution < 1.29 is 9.84 Å². The minimum atomic E-state index is -0.111. The minimum Gasteiger partial charge on any atom is -0.507 e. The van der Waals surface area contributed by atoms with Crippen molar-refractivity contribution in [2.45, 2.75) is 44.9 Å². The van der Waals surface area contributed by atoms with E-state index in [1.54, 1.807) is 0 Å². The molecule has 2 aromatic rings. The predicted octanol–water partition coefficient (Wildman–Crippen LogP) is 2.95. The highest BCUT2D eigenvalue weighted by Gasteiger charge is 2.35. The number of hydrogen-bond acceptors (Lipinski definition) is 5. The van der Waals surface area contributed by atoms with Gasteiger partial charge in [0.1, 0.15) is 5.75 Å². The number of rotatable bonds is 4. The summed E-state index contributed by atoms with van der Waals surface area (Å²) in [5.74, 6) is 0.940. The highest BCUT2D eigenvalue weighted by atomic mass is 16.5. The first kappa shape index (κ1) is 18.4. The second-order valence-corrected chi connectivity index (χ2v) is 7.87. The zero-order valence-corrected chi connectivity index (χ0v) is 16.0. The number of benzene rings is 1. The summed E-state index contributed by atoms with van der Waals surface area (Å²) in [5, 5.41) is 10.6. The fourth-order valence-electron chi connectivity index (χ4n) is 4.51. The Labute approximate surface area is 161 Å². The van der Waals surface area contributed by atoms with Gasteiger partial charge in [0, 0.05) is 37.5 Å². The predicted molar refractivity (Wildman–Crippen MR) is 105 cm³/mol. The SMILES string of the molecule is Cc1ccc2c(c1O)C[C@@H](C1CCN(Cc3ccncc3)CC1)O[C@@H]2CN. The summed E-state index contributed by atoms with van der Waals surface area (Å²) in [6.07, 6.45) is 6.77. The lowest BCUT2D eigenvalue weighted by molar-refractivity contribution is -0.0651. The van der Waals surface area contributed by atoms with Crippen LogP contribution in [0.3, 0.4) is 0 Å². The van der Waals surface area contributed by atoms with Gasteiger partial charge in [0.15, 0.2) is 0 Å². The zero-order valence-electron chi connectivity index (χ0n) is 16.0. The third-order valence-corrected chi connectivity index (χ3v) is 6.14. The van der Waals surface area contributed by atoms with Crippen molar-refractivity contribution in [2.75, 3.05) is 19.6 Å². The van der Waals surface area contributed by atoms with Crippen LogP contribution < -0.4 is 5.73 Å². The highest BCUT2D eigenvalue weighted by molar-refractivity contribution is 5.47. The van der Waals surface area contributed by atoms with Gasteiger partial charge < -0.3 is 15.6 Å². The molecule has 144 valence electrons. The molecule has 3 heterocycles. The number of phenolic OH excluding ortho intramolecular Hbond substituents is 1. The summed E-state index contributed by atoms with van der Waals surface area (Å²) in [6, 6.07) is 8.20. The Morgan fingerprint density at radius 1 is 1.19 bits per heavy atom. The van der Waals surface area contributed by atoms with Crippen LogP contribution in [0, 0.1) is 12.8 Å². The number of piperidine rings is 1. The minimum absolute atomic E-state index is 0.111. The average Bonchev–Trinajstić information content (AvgIpc) is 2.71. The van der Waals surface area contributed by atoms with Crippen molar-refractivity contribution in [1.82, 2.24) is 9.88 Å². The molecular formula is C22H29N3O2. The maximum atomic E-state index is 10.6. The number of likely N-dealkylation sites (tertiary alicyclic amines) is 1. The molecule has 0 unspecified atom stereocenters. The van der Waals surface area contributed by atoms with Gasteiger partial charge in [-0.1, -0.05) is 12.1 Å². The van der Waals surface area contributed by atoms with E-state index < -0.39 is 0 Å². The molecule has 0 bridgehead atoms. The van der Waals surface area contributed by atoms with Crippen molar-refractivity contribution in [3.05, 3.63) is 58.9 Å². The molecule has 0 aliphatic carbocycles. The molecule has 0 radical (unpaired) electrons. The fourth-order valence-corrected chi connectivity index (χ4v) is 4.51. The Kier molecular flexibility index (Phi) is 5.43. The van der Waals surface area contributed by atoms with Crippen molar-refractivity contribution in [1.29, 1.82) is 0 Å². The van der Waals surface area contributed by atoms with Gasteiger partial charge in [0.05, 0.1) is 12.2 Å². The number of aryl methyl sites for hydroxylation is 1. The number of aromatic nitrogens is 1. The molecule has 0 saturated carbocycles. The van der Waals surface area contributed by atoms with Crippen LogP contribution in [-0.2, 0) is 17.7 Å². The van der Waals surface area contributed by atoms with E-state index in [0.29, 0.717) is 18.2 Å². The molecule has 1 saturated heterocycles. The molecule has 2 atom stereocenters. The number of nitrogens with two attached hydrogens (primary N) is 1. The van der Waals surface area contributed by atoms with Crippen LogP contribution in [0.4, 0.5) is 0 Å². The van der Waals surface area contributed by atoms with Gasteiger partial charge in [-0.25, -0.2) is 0 Å². The first-order valence-corrected chi connectivity index (χ1v) is 9.94. The lowest BCUT2D eigenvalue weighted by Crippen LogP contribution is -2.41. The molecule has 1 fully saturated rings. The van der Waals surface area contributed by atoms with Gasteiger partial charge >= 0.3 is 0 Å². The first-order chi connectivity index (χ1) is 13.2. The van der Waals surface area contributed by atoms with Gasteiger partial charge in [-0.2, -0.15) is 0 Å². The quantitative estimate of drug-likeness (QED) is 0.869. The summed E-state index contributed by atoms with van der Waals surface area (Å²) in [4.78, 5) is 6.60. The molecule has 2 aliphatic heterocycles. The number of nitrogens with zero attached hydrogens (tertiary/aromatic N) is 2. The zero-order chi connectivity index (χ0) is 18.8. The maximum Gasteiger partial charge on any atom is 0.122 e. The molecule has 5 nitrogen and oxygen atoms in total. The molecule has 4 rings (SSSR count). The lowest BCUT2D eigenvalue weighted by Gasteiger charge is -2.40. The summed E-state index contributed by atoms with van der Waals surface area (Å²) in [7, 11) is 0. The van der Waals surface area contributed by atoms with Crippen molar-refractivity contribution in [3.63, 3.8) is 0 Å². The Balaban J connectivity index is 1.42. The molecule has 2 aliphatic rings. The number of hydrogen-bond donors (Lipinski definition) is 2. The number of fused-ring (bicyclic) bond motifs is 1. The summed E-state index contributed by atoms with van der Waals surface area (Å²) in [6.45, 7) is 5.54. The molecule has 1 aromatic heterocycles. The van der Waals surface area contributed by atoms with E-state index in [0.717, 1.165) is 55.6 Å². The van der Waals surface area contributed by atoms with E-state index in [2.05, 4.69) is 28.1 Å². The highest BCUT2D eigenvalue weighted by Crippen LogP contribution is 2.40. The largest absolute Gasteiger partial charge is 0.507 e. The van der Waals surface area contributed by atoms with E-state index >= 15 is 0 Å². The Bertz CT molecular complexity index is 773. The molecule has 0 spiro atoms. The second kappa shape index (κ2) is 7.97. The van der Waals surface area contributed by atoms with E-state index in [1.807, 2.05) is 25.4 Å². The average molecular weight is 367 g/mol. The summed E-state index contributed by atoms with van der Waals surface area (Å²) in [5.41, 5.74) is 10.3. The lowest BCUT2D eigenvalue weighted by atomic mass is 9.83. The van der Waals surface area contributed by atoms with Gasteiger partial charge in [0.25, 0.3) is 0 Å². The van der Waals surface area contributed by atoms with Crippen molar-refractivity contribution >= 4 is 0 Å². The molecule has 3 N–H and O–H groups in total. The molecule has 0 amide bonds. The number of aromatic hydroxyl groups is 1. The van der Waals surface area contributed by atoms with Crippen molar-refractivity contribution in [3.8, 4) is 5.75 Å². The smallest absolute Gasteiger partial charge is 0.122 e. The van der Waals surface area contributed by atoms with Crippen LogP contribution in [0.15, 0.2) is 36.7 Å². The van der Waals surface area contributed by atoms with Crippen LogP contribution in [0.2, 0.25) is 0 Å². The summed E-state index contributed by atoms with van der Waals surface area (Å²) >= 11 is 0. The van der Waals surface area contributed by atoms with Crippen LogP contribution in [0.1, 0.15) is 41.2 Å². The second-order valence-electron chi connectivity index (χ2n) is 7.87. The van der Waals surface area contributed by atoms with Crippen molar-refractivity contribution in [2.24, 2.45) is 11.7 Å². The molecule has 27 heavy (non-hydrogen) atoms. The van der Waals surface area contributed by atoms with Crippen LogP contribution in [-0.4, -0.2) is 40.7 Å². The van der Waals surface area contributed by atoms with Crippen LogP contribution in [0.25, 0.3) is 0 Å². The molecule has 1 aromatic carbocycles.